The normalized spacial score (nSPS) is 12.4. The number of carbonyl (C=O) groups excluding carboxylic acids is 1. The third-order valence-corrected chi connectivity index (χ3v) is 4.26. The van der Waals surface area contributed by atoms with Crippen molar-refractivity contribution in [2.45, 2.75) is 12.1 Å². The van der Waals surface area contributed by atoms with Crippen molar-refractivity contribution in [3.63, 3.8) is 0 Å². The molecular formula is C14H5F6N3O4S. The van der Waals surface area contributed by atoms with Crippen molar-refractivity contribution in [3.05, 3.63) is 45.0 Å². The minimum absolute atomic E-state index is 0.304. The molecule has 1 aromatic carbocycles. The van der Waals surface area contributed by atoms with Crippen LogP contribution in [0.3, 0.4) is 0 Å². The van der Waals surface area contributed by atoms with Crippen LogP contribution in [0.1, 0.15) is 15.4 Å². The largest absolute Gasteiger partial charge is 0.506 e. The van der Waals surface area contributed by atoms with Gasteiger partial charge in [-0.1, -0.05) is 17.4 Å². The zero-order valence-electron chi connectivity index (χ0n) is 13.0. The lowest BCUT2D eigenvalue weighted by atomic mass is 10.1. The summed E-state index contributed by atoms with van der Waals surface area (Å²) in [4.78, 5) is 24.0. The van der Waals surface area contributed by atoms with Gasteiger partial charge in [0.25, 0.3) is 5.91 Å². The second kappa shape index (κ2) is 6.47. The fourth-order valence-electron chi connectivity index (χ4n) is 2.07. The molecule has 0 saturated heterocycles. The molecule has 1 amide bonds. The molecule has 0 spiro atoms. The first-order valence-electron chi connectivity index (χ1n) is 6.97. The molecule has 3 rings (SSSR count). The van der Waals surface area contributed by atoms with Crippen LogP contribution in [0.2, 0.25) is 0 Å². The fraction of sp³-hybridized carbons (Fsp3) is 0.143. The molecule has 148 valence electrons. The first-order valence-corrected chi connectivity index (χ1v) is 7.79. The number of aromatic nitrogens is 2. The van der Waals surface area contributed by atoms with Gasteiger partial charge in [0.15, 0.2) is 10.6 Å². The zero-order chi connectivity index (χ0) is 20.9. The second-order valence-corrected chi connectivity index (χ2v) is 6.14. The number of aromatic hydroxyl groups is 1. The molecule has 0 bridgehead atoms. The Kier molecular flexibility index (Phi) is 4.53. The molecule has 3 aromatic rings. The Morgan fingerprint density at radius 3 is 2.50 bits per heavy atom. The lowest BCUT2D eigenvalue weighted by Gasteiger charge is -2.15. The van der Waals surface area contributed by atoms with E-state index in [2.05, 4.69) is 10.2 Å². The van der Waals surface area contributed by atoms with E-state index in [4.69, 9.17) is 4.42 Å². The number of amides is 1. The molecule has 2 N–H and O–H groups in total. The number of alkyl halides is 5. The summed E-state index contributed by atoms with van der Waals surface area (Å²) >= 11 is -0.304. The number of rotatable bonds is 3. The van der Waals surface area contributed by atoms with Gasteiger partial charge in [0, 0.05) is 0 Å². The SMILES string of the molecule is O=C(Nc1nnc(C(F)(F)C(F)(F)F)s1)c1c(O)c2c(F)cccc2oc1=O. The first-order chi connectivity index (χ1) is 12.9. The molecule has 0 saturated carbocycles. The van der Waals surface area contributed by atoms with Crippen LogP contribution in [0.15, 0.2) is 27.4 Å². The second-order valence-electron chi connectivity index (χ2n) is 5.16. The van der Waals surface area contributed by atoms with E-state index in [0.29, 0.717) is 0 Å². The summed E-state index contributed by atoms with van der Waals surface area (Å²) in [6.45, 7) is 0. The maximum Gasteiger partial charge on any atom is 0.460 e. The van der Waals surface area contributed by atoms with Crippen molar-refractivity contribution in [3.8, 4) is 5.75 Å². The van der Waals surface area contributed by atoms with Crippen molar-refractivity contribution in [1.82, 2.24) is 10.2 Å². The summed E-state index contributed by atoms with van der Waals surface area (Å²) in [5.74, 6) is -8.93. The van der Waals surface area contributed by atoms with Crippen LogP contribution in [-0.2, 0) is 5.92 Å². The number of hydrogen-bond acceptors (Lipinski definition) is 7. The molecule has 7 nitrogen and oxygen atoms in total. The quantitative estimate of drug-likeness (QED) is 0.492. The van der Waals surface area contributed by atoms with Crippen LogP contribution in [0.5, 0.6) is 5.75 Å². The molecule has 14 heteroatoms. The summed E-state index contributed by atoms with van der Waals surface area (Å²) in [6, 6.07) is 3.21. The van der Waals surface area contributed by atoms with Crippen molar-refractivity contribution in [2.24, 2.45) is 0 Å². The van der Waals surface area contributed by atoms with E-state index in [1.165, 1.54) is 6.07 Å². The van der Waals surface area contributed by atoms with Crippen molar-refractivity contribution >= 4 is 33.3 Å². The van der Waals surface area contributed by atoms with E-state index in [9.17, 15) is 41.0 Å². The van der Waals surface area contributed by atoms with Gasteiger partial charge < -0.3 is 9.52 Å². The predicted octanol–water partition coefficient (Wildman–Crippen LogP) is 3.40. The molecule has 28 heavy (non-hydrogen) atoms. The Bertz CT molecular complexity index is 1140. The molecule has 0 unspecified atom stereocenters. The van der Waals surface area contributed by atoms with Crippen LogP contribution in [-0.4, -0.2) is 27.4 Å². The van der Waals surface area contributed by atoms with Crippen molar-refractivity contribution < 1.29 is 40.7 Å². The Labute approximate surface area is 153 Å². The number of carbonyl (C=O) groups is 1. The molecule has 0 radical (unpaired) electrons. The Morgan fingerprint density at radius 2 is 1.86 bits per heavy atom. The number of hydrogen-bond donors (Lipinski definition) is 2. The molecule has 0 aliphatic carbocycles. The average molecular weight is 425 g/mol. The van der Waals surface area contributed by atoms with Gasteiger partial charge in [-0.25, -0.2) is 9.18 Å². The van der Waals surface area contributed by atoms with Gasteiger partial charge in [-0.15, -0.1) is 10.2 Å². The van der Waals surface area contributed by atoms with Crippen LogP contribution < -0.4 is 10.9 Å². The standard InChI is InChI=1S/C14H5F6N3O4S/c15-4-2-1-3-5-6(4)8(24)7(10(26)27-5)9(25)21-12-23-22-11(28-12)13(16,17)14(18,19)20/h1-3,24H,(H,21,23,25). The molecule has 0 fully saturated rings. The number of nitrogens with zero attached hydrogens (tertiary/aromatic N) is 2. The van der Waals surface area contributed by atoms with E-state index < -0.39 is 56.3 Å². The number of anilines is 1. The highest BCUT2D eigenvalue weighted by atomic mass is 32.1. The van der Waals surface area contributed by atoms with Gasteiger partial charge in [-0.2, -0.15) is 22.0 Å². The maximum atomic E-state index is 13.8. The minimum Gasteiger partial charge on any atom is -0.506 e. The van der Waals surface area contributed by atoms with Crippen LogP contribution >= 0.6 is 11.3 Å². The summed E-state index contributed by atoms with van der Waals surface area (Å²) in [6.07, 6.45) is -5.94. The Morgan fingerprint density at radius 1 is 1.18 bits per heavy atom. The smallest absolute Gasteiger partial charge is 0.460 e. The lowest BCUT2D eigenvalue weighted by Crippen LogP contribution is -2.33. The first kappa shape index (κ1) is 19.6. The number of nitrogens with one attached hydrogen (secondary N) is 1. The summed E-state index contributed by atoms with van der Waals surface area (Å²) in [5.41, 5.74) is -2.88. The van der Waals surface area contributed by atoms with Crippen molar-refractivity contribution in [2.75, 3.05) is 5.32 Å². The zero-order valence-corrected chi connectivity index (χ0v) is 13.8. The summed E-state index contributed by atoms with van der Waals surface area (Å²) in [7, 11) is 0. The summed E-state index contributed by atoms with van der Waals surface area (Å²) < 4.78 is 81.9. The lowest BCUT2D eigenvalue weighted by molar-refractivity contribution is -0.289. The molecule has 0 atom stereocenters. The minimum atomic E-state index is -5.94. The summed E-state index contributed by atoms with van der Waals surface area (Å²) in [5, 5.41) is 14.2. The van der Waals surface area contributed by atoms with Gasteiger partial charge in [0.1, 0.15) is 17.1 Å². The Hall–Kier alpha value is -3.16. The number of fused-ring (bicyclic) bond motifs is 1. The predicted molar refractivity (Wildman–Crippen MR) is 81.9 cm³/mol. The maximum absolute atomic E-state index is 13.8. The third-order valence-electron chi connectivity index (χ3n) is 3.35. The van der Waals surface area contributed by atoms with Crippen LogP contribution in [0.4, 0.5) is 31.5 Å². The Balaban J connectivity index is 1.97. The highest BCUT2D eigenvalue weighted by Gasteiger charge is 2.61. The molecular weight excluding hydrogens is 420 g/mol. The van der Waals surface area contributed by atoms with E-state index in [-0.39, 0.29) is 16.9 Å². The molecule has 2 aromatic heterocycles. The monoisotopic (exact) mass is 425 g/mol. The van der Waals surface area contributed by atoms with E-state index in [0.717, 1.165) is 12.1 Å². The average Bonchev–Trinajstić information content (AvgIpc) is 3.02. The topological polar surface area (TPSA) is 105 Å². The number of halogens is 6. The fourth-order valence-corrected chi connectivity index (χ4v) is 2.81. The highest BCUT2D eigenvalue weighted by molar-refractivity contribution is 7.15. The molecule has 0 aliphatic heterocycles. The van der Waals surface area contributed by atoms with Gasteiger partial charge in [-0.05, 0) is 12.1 Å². The number of benzene rings is 1. The van der Waals surface area contributed by atoms with Crippen molar-refractivity contribution in [1.29, 1.82) is 0 Å². The van der Waals surface area contributed by atoms with E-state index in [1.54, 1.807) is 5.32 Å². The highest BCUT2D eigenvalue weighted by Crippen LogP contribution is 2.45. The van der Waals surface area contributed by atoms with E-state index in [1.807, 2.05) is 0 Å². The van der Waals surface area contributed by atoms with Gasteiger partial charge in [-0.3, -0.25) is 10.1 Å². The molecule has 0 aliphatic rings. The van der Waals surface area contributed by atoms with Gasteiger partial charge in [0.2, 0.25) is 5.13 Å². The van der Waals surface area contributed by atoms with Gasteiger partial charge >= 0.3 is 17.7 Å². The van der Waals surface area contributed by atoms with Crippen LogP contribution in [0.25, 0.3) is 11.0 Å². The van der Waals surface area contributed by atoms with E-state index >= 15 is 0 Å². The molecule has 2 heterocycles. The van der Waals surface area contributed by atoms with Crippen LogP contribution in [0, 0.1) is 5.82 Å². The third kappa shape index (κ3) is 3.15. The van der Waals surface area contributed by atoms with Gasteiger partial charge in [0.05, 0.1) is 5.39 Å².